The average molecular weight is 493 g/mol. The zero-order valence-corrected chi connectivity index (χ0v) is 18.0. The summed E-state index contributed by atoms with van der Waals surface area (Å²) in [4.78, 5) is 8.61. The molecule has 4 rings (SSSR count). The molecular weight excluding hydrogens is 469 g/mol. The lowest BCUT2D eigenvalue weighted by atomic mass is 10.3. The quantitative estimate of drug-likeness (QED) is 0.299. The summed E-state index contributed by atoms with van der Waals surface area (Å²) in [5, 5.41) is 14.9. The third kappa shape index (κ3) is 5.31. The van der Waals surface area contributed by atoms with Gasteiger partial charge in [-0.2, -0.15) is 0 Å². The van der Waals surface area contributed by atoms with E-state index in [2.05, 4.69) is 30.8 Å². The maximum Gasteiger partial charge on any atom is 0.213 e. The van der Waals surface area contributed by atoms with E-state index in [9.17, 15) is 0 Å². The van der Waals surface area contributed by atoms with Crippen LogP contribution in [0.3, 0.4) is 0 Å². The van der Waals surface area contributed by atoms with Crippen LogP contribution in [0.15, 0.2) is 47.7 Å². The van der Waals surface area contributed by atoms with Crippen molar-refractivity contribution in [2.45, 2.75) is 25.9 Å². The second-order valence-electron chi connectivity index (χ2n) is 6.58. The fourth-order valence-electron chi connectivity index (χ4n) is 2.67. The average Bonchev–Trinajstić information content (AvgIpc) is 3.46. The Balaban J connectivity index is 0.00000225. The predicted octanol–water partition coefficient (Wildman–Crippen LogP) is 2.40. The molecule has 0 aliphatic heterocycles. The number of ether oxygens (including phenoxy) is 1. The van der Waals surface area contributed by atoms with Crippen LogP contribution in [-0.4, -0.2) is 39.2 Å². The van der Waals surface area contributed by atoms with Gasteiger partial charge in [-0.15, -0.1) is 34.2 Å². The van der Waals surface area contributed by atoms with Gasteiger partial charge in [-0.1, -0.05) is 12.1 Å². The van der Waals surface area contributed by atoms with Crippen molar-refractivity contribution in [3.8, 4) is 5.88 Å². The van der Waals surface area contributed by atoms with Crippen LogP contribution in [0.4, 0.5) is 0 Å². The number of hydrogen-bond acceptors (Lipinski definition) is 5. The number of guanidine groups is 1. The van der Waals surface area contributed by atoms with Gasteiger partial charge in [0.2, 0.25) is 5.88 Å². The van der Waals surface area contributed by atoms with Crippen molar-refractivity contribution in [2.24, 2.45) is 10.9 Å². The molecular formula is C19H24IN7O. The molecule has 1 aliphatic rings. The van der Waals surface area contributed by atoms with Gasteiger partial charge in [0.25, 0.3) is 0 Å². The third-order valence-electron chi connectivity index (χ3n) is 4.44. The Labute approximate surface area is 180 Å². The van der Waals surface area contributed by atoms with Gasteiger partial charge >= 0.3 is 0 Å². The Morgan fingerprint density at radius 1 is 1.18 bits per heavy atom. The van der Waals surface area contributed by atoms with Gasteiger partial charge in [0, 0.05) is 32.1 Å². The van der Waals surface area contributed by atoms with E-state index < -0.39 is 0 Å². The number of nitrogens with one attached hydrogen (secondary N) is 2. The molecule has 0 radical (unpaired) electrons. The first kappa shape index (κ1) is 20.3. The van der Waals surface area contributed by atoms with Crippen LogP contribution < -0.4 is 15.4 Å². The number of fused-ring (bicyclic) bond motifs is 1. The van der Waals surface area contributed by atoms with E-state index in [0.717, 1.165) is 29.6 Å². The third-order valence-corrected chi connectivity index (χ3v) is 4.44. The standard InChI is InChI=1S/C19H23N7O.HI/c1-20-19(23-12-17-25-24-16-4-2-3-9-26(16)17)22-11-15-7-8-18(21-10-15)27-13-14-5-6-14;/h2-4,7-10,14H,5-6,11-13H2,1H3,(H2,20,22,23);1H. The van der Waals surface area contributed by atoms with Crippen molar-refractivity contribution in [1.82, 2.24) is 30.2 Å². The van der Waals surface area contributed by atoms with Gasteiger partial charge < -0.3 is 15.4 Å². The van der Waals surface area contributed by atoms with Crippen molar-refractivity contribution >= 4 is 35.6 Å². The van der Waals surface area contributed by atoms with Gasteiger partial charge in [-0.05, 0) is 36.5 Å². The van der Waals surface area contributed by atoms with Crippen molar-refractivity contribution in [1.29, 1.82) is 0 Å². The highest BCUT2D eigenvalue weighted by atomic mass is 127. The molecule has 3 aromatic heterocycles. The summed E-state index contributed by atoms with van der Waals surface area (Å²) in [6.07, 6.45) is 6.33. The maximum atomic E-state index is 5.66. The smallest absolute Gasteiger partial charge is 0.213 e. The van der Waals surface area contributed by atoms with Crippen LogP contribution in [0.1, 0.15) is 24.2 Å². The Bertz CT molecular complexity index is 921. The first-order chi connectivity index (χ1) is 13.3. The first-order valence-electron chi connectivity index (χ1n) is 9.13. The summed E-state index contributed by atoms with van der Waals surface area (Å²) >= 11 is 0. The summed E-state index contributed by atoms with van der Waals surface area (Å²) in [5.74, 6) is 2.93. The molecule has 0 saturated heterocycles. The Morgan fingerprint density at radius 2 is 2.04 bits per heavy atom. The van der Waals surface area contributed by atoms with Crippen LogP contribution in [0.5, 0.6) is 5.88 Å². The molecule has 28 heavy (non-hydrogen) atoms. The molecule has 3 heterocycles. The number of rotatable bonds is 7. The summed E-state index contributed by atoms with van der Waals surface area (Å²) in [6, 6.07) is 9.75. The molecule has 8 nitrogen and oxygen atoms in total. The van der Waals surface area contributed by atoms with E-state index in [4.69, 9.17) is 4.74 Å². The number of aliphatic imine (C=N–C) groups is 1. The number of hydrogen-bond donors (Lipinski definition) is 2. The van der Waals surface area contributed by atoms with Gasteiger partial charge in [0.15, 0.2) is 17.4 Å². The Kier molecular flexibility index (Phi) is 7.01. The van der Waals surface area contributed by atoms with Crippen molar-refractivity contribution < 1.29 is 4.74 Å². The van der Waals surface area contributed by atoms with E-state index in [1.807, 2.05) is 47.1 Å². The van der Waals surface area contributed by atoms with Crippen LogP contribution >= 0.6 is 24.0 Å². The molecule has 0 amide bonds. The maximum absolute atomic E-state index is 5.66. The van der Waals surface area contributed by atoms with E-state index in [1.165, 1.54) is 12.8 Å². The van der Waals surface area contributed by atoms with Crippen molar-refractivity contribution in [3.05, 3.63) is 54.1 Å². The molecule has 1 fully saturated rings. The molecule has 0 unspecified atom stereocenters. The highest BCUT2D eigenvalue weighted by molar-refractivity contribution is 14.0. The molecule has 0 bridgehead atoms. The minimum absolute atomic E-state index is 0. The zero-order valence-electron chi connectivity index (χ0n) is 15.7. The summed E-state index contributed by atoms with van der Waals surface area (Å²) in [7, 11) is 1.74. The summed E-state index contributed by atoms with van der Waals surface area (Å²) in [6.45, 7) is 1.92. The lowest BCUT2D eigenvalue weighted by Crippen LogP contribution is -2.36. The molecule has 0 aromatic carbocycles. The zero-order chi connectivity index (χ0) is 18.5. The lowest BCUT2D eigenvalue weighted by molar-refractivity contribution is 0.288. The molecule has 3 aromatic rings. The van der Waals surface area contributed by atoms with Crippen molar-refractivity contribution in [2.75, 3.05) is 13.7 Å². The van der Waals surface area contributed by atoms with Crippen LogP contribution in [-0.2, 0) is 13.1 Å². The van der Waals surface area contributed by atoms with Gasteiger partial charge in [0.05, 0.1) is 13.2 Å². The van der Waals surface area contributed by atoms with E-state index >= 15 is 0 Å². The van der Waals surface area contributed by atoms with E-state index in [1.54, 1.807) is 7.05 Å². The number of pyridine rings is 2. The number of nitrogens with zero attached hydrogens (tertiary/aromatic N) is 5. The molecule has 2 N–H and O–H groups in total. The second kappa shape index (κ2) is 9.67. The predicted molar refractivity (Wildman–Crippen MR) is 118 cm³/mol. The second-order valence-corrected chi connectivity index (χ2v) is 6.58. The highest BCUT2D eigenvalue weighted by Crippen LogP contribution is 2.29. The van der Waals surface area contributed by atoms with Crippen LogP contribution in [0.25, 0.3) is 5.65 Å². The van der Waals surface area contributed by atoms with Crippen LogP contribution in [0, 0.1) is 5.92 Å². The van der Waals surface area contributed by atoms with E-state index in [-0.39, 0.29) is 24.0 Å². The van der Waals surface area contributed by atoms with Crippen molar-refractivity contribution in [3.63, 3.8) is 0 Å². The Hall–Kier alpha value is -2.43. The number of halogens is 1. The largest absolute Gasteiger partial charge is 0.477 e. The fourth-order valence-corrected chi connectivity index (χ4v) is 2.67. The lowest BCUT2D eigenvalue weighted by Gasteiger charge is -2.11. The first-order valence-corrected chi connectivity index (χ1v) is 9.13. The molecule has 148 valence electrons. The highest BCUT2D eigenvalue weighted by Gasteiger charge is 2.22. The van der Waals surface area contributed by atoms with Gasteiger partial charge in [-0.25, -0.2) is 4.98 Å². The molecule has 0 spiro atoms. The molecule has 1 saturated carbocycles. The van der Waals surface area contributed by atoms with Gasteiger partial charge in [-0.3, -0.25) is 9.39 Å². The van der Waals surface area contributed by atoms with Gasteiger partial charge in [0.1, 0.15) is 0 Å². The minimum atomic E-state index is 0. The summed E-state index contributed by atoms with van der Waals surface area (Å²) in [5.41, 5.74) is 1.89. The molecule has 9 heteroatoms. The SMILES string of the molecule is CN=C(NCc1ccc(OCC2CC2)nc1)NCc1nnc2ccccn12.I. The molecule has 0 atom stereocenters. The van der Waals surface area contributed by atoms with Crippen LogP contribution in [0.2, 0.25) is 0 Å². The monoisotopic (exact) mass is 493 g/mol. The number of aromatic nitrogens is 4. The molecule has 1 aliphatic carbocycles. The summed E-state index contributed by atoms with van der Waals surface area (Å²) < 4.78 is 7.61. The fraction of sp³-hybridized carbons (Fsp3) is 0.368. The van der Waals surface area contributed by atoms with E-state index in [0.29, 0.717) is 24.9 Å². The topological polar surface area (TPSA) is 88.7 Å². The minimum Gasteiger partial charge on any atom is -0.477 e. The normalized spacial score (nSPS) is 13.8. The Morgan fingerprint density at radius 3 is 2.79 bits per heavy atom.